The molecule has 1 aliphatic heterocycles. The smallest absolute Gasteiger partial charge is 0.104 e. The van der Waals surface area contributed by atoms with Gasteiger partial charge in [-0.3, -0.25) is 0 Å². The van der Waals surface area contributed by atoms with Gasteiger partial charge in [-0.25, -0.2) is 0 Å². The van der Waals surface area contributed by atoms with E-state index in [1.54, 1.807) is 0 Å². The first kappa shape index (κ1) is 9.75. The second-order valence-electron chi connectivity index (χ2n) is 3.32. The maximum Gasteiger partial charge on any atom is 0.104 e. The molecule has 0 saturated carbocycles. The highest BCUT2D eigenvalue weighted by atomic mass is 16.5. The van der Waals surface area contributed by atoms with Crippen LogP contribution in [0.4, 0.5) is 0 Å². The van der Waals surface area contributed by atoms with Gasteiger partial charge in [-0.1, -0.05) is 26.0 Å². The van der Waals surface area contributed by atoms with E-state index >= 15 is 0 Å². The van der Waals surface area contributed by atoms with Gasteiger partial charge in [-0.05, 0) is 19.3 Å². The Morgan fingerprint density at radius 2 is 2.17 bits per heavy atom. The van der Waals surface area contributed by atoms with Crippen molar-refractivity contribution in [3.8, 4) is 0 Å². The average molecular weight is 170 g/mol. The first-order chi connectivity index (χ1) is 5.73. The van der Waals surface area contributed by atoms with Crippen LogP contribution in [0, 0.1) is 0 Å². The van der Waals surface area contributed by atoms with Crippen molar-refractivity contribution in [2.75, 3.05) is 6.61 Å². The molecule has 12 heavy (non-hydrogen) atoms. The van der Waals surface area contributed by atoms with Gasteiger partial charge in [0.15, 0.2) is 0 Å². The molecule has 0 aromatic rings. The van der Waals surface area contributed by atoms with E-state index in [0.29, 0.717) is 0 Å². The minimum absolute atomic E-state index is 0.0961. The predicted molar refractivity (Wildman–Crippen MR) is 49.0 cm³/mol. The van der Waals surface area contributed by atoms with Gasteiger partial charge in [0.2, 0.25) is 0 Å². The fourth-order valence-corrected chi connectivity index (χ4v) is 1.53. The van der Waals surface area contributed by atoms with Crippen LogP contribution in [0.1, 0.15) is 33.1 Å². The van der Waals surface area contributed by atoms with Gasteiger partial charge in [0.25, 0.3) is 0 Å². The molecule has 0 bridgehead atoms. The summed E-state index contributed by atoms with van der Waals surface area (Å²) in [7, 11) is 0. The van der Waals surface area contributed by atoms with E-state index in [4.69, 9.17) is 4.74 Å². The van der Waals surface area contributed by atoms with Crippen LogP contribution >= 0.6 is 0 Å². The lowest BCUT2D eigenvalue weighted by molar-refractivity contribution is -0.0933. The first-order valence-electron chi connectivity index (χ1n) is 4.73. The number of rotatable bonds is 3. The summed E-state index contributed by atoms with van der Waals surface area (Å²) in [6, 6.07) is 0. The first-order valence-corrected chi connectivity index (χ1v) is 4.73. The molecule has 0 aromatic carbocycles. The highest BCUT2D eigenvalue weighted by Gasteiger charge is 2.32. The van der Waals surface area contributed by atoms with E-state index in [2.05, 4.69) is 6.08 Å². The summed E-state index contributed by atoms with van der Waals surface area (Å²) in [6.45, 7) is 4.73. The molecule has 0 aromatic heterocycles. The molecule has 1 atom stereocenters. The molecule has 2 heteroatoms. The maximum absolute atomic E-state index is 10.1. The zero-order chi connectivity index (χ0) is 9.03. The Morgan fingerprint density at radius 1 is 1.50 bits per heavy atom. The van der Waals surface area contributed by atoms with Gasteiger partial charge < -0.3 is 9.84 Å². The molecule has 1 rings (SSSR count). The molecule has 2 nitrogen and oxygen atoms in total. The zero-order valence-corrected chi connectivity index (χ0v) is 7.92. The third kappa shape index (κ3) is 1.87. The lowest BCUT2D eigenvalue weighted by Gasteiger charge is -2.34. The van der Waals surface area contributed by atoms with E-state index in [1.165, 1.54) is 0 Å². The van der Waals surface area contributed by atoms with E-state index in [0.717, 1.165) is 25.9 Å². The van der Waals surface area contributed by atoms with Crippen LogP contribution in [0.2, 0.25) is 0 Å². The third-order valence-electron chi connectivity index (χ3n) is 2.65. The number of ether oxygens (including phenoxy) is 1. The topological polar surface area (TPSA) is 29.5 Å². The Morgan fingerprint density at radius 3 is 2.58 bits per heavy atom. The maximum atomic E-state index is 10.1. The molecule has 0 saturated heterocycles. The highest BCUT2D eigenvalue weighted by Crippen LogP contribution is 2.25. The number of aliphatic hydroxyl groups is 1. The predicted octanol–water partition coefficient (Wildman–Crippen LogP) is 1.88. The van der Waals surface area contributed by atoms with Crippen LogP contribution in [-0.2, 0) is 4.74 Å². The Kier molecular flexibility index (Phi) is 3.29. The standard InChI is InChI=1S/C10H18O2/c1-3-10(11,4-2)9-7-5-6-8-12-9/h5,7,9,11H,3-4,6,8H2,1-2H3/t9-/m1/s1. The summed E-state index contributed by atoms with van der Waals surface area (Å²) in [6.07, 6.45) is 6.44. The fraction of sp³-hybridized carbons (Fsp3) is 0.800. The van der Waals surface area contributed by atoms with E-state index in [9.17, 15) is 5.11 Å². The summed E-state index contributed by atoms with van der Waals surface area (Å²) in [5.74, 6) is 0. The summed E-state index contributed by atoms with van der Waals surface area (Å²) in [5, 5.41) is 10.1. The molecular formula is C10H18O2. The lowest BCUT2D eigenvalue weighted by atomic mass is 9.89. The van der Waals surface area contributed by atoms with Gasteiger partial charge in [0, 0.05) is 0 Å². The van der Waals surface area contributed by atoms with Gasteiger partial charge >= 0.3 is 0 Å². The summed E-state index contributed by atoms with van der Waals surface area (Å²) in [5.41, 5.74) is -0.656. The Bertz CT molecular complexity index is 159. The van der Waals surface area contributed by atoms with Gasteiger partial charge in [0.05, 0.1) is 12.2 Å². The van der Waals surface area contributed by atoms with Gasteiger partial charge in [-0.15, -0.1) is 0 Å². The normalized spacial score (nSPS) is 24.4. The van der Waals surface area contributed by atoms with Crippen LogP contribution in [0.15, 0.2) is 12.2 Å². The van der Waals surface area contributed by atoms with Crippen molar-refractivity contribution >= 4 is 0 Å². The van der Waals surface area contributed by atoms with Crippen LogP contribution < -0.4 is 0 Å². The van der Waals surface area contributed by atoms with Crippen molar-refractivity contribution < 1.29 is 9.84 Å². The van der Waals surface area contributed by atoms with Gasteiger partial charge in [-0.2, -0.15) is 0 Å². The molecule has 1 aliphatic rings. The van der Waals surface area contributed by atoms with E-state index in [-0.39, 0.29) is 6.10 Å². The van der Waals surface area contributed by atoms with Crippen LogP contribution in [0.25, 0.3) is 0 Å². The molecule has 70 valence electrons. The minimum atomic E-state index is -0.656. The molecule has 1 heterocycles. The van der Waals surface area contributed by atoms with Crippen molar-refractivity contribution in [1.29, 1.82) is 0 Å². The molecule has 0 spiro atoms. The Labute approximate surface area is 74.2 Å². The summed E-state index contributed by atoms with van der Waals surface area (Å²) >= 11 is 0. The lowest BCUT2D eigenvalue weighted by Crippen LogP contribution is -2.42. The molecule has 0 aliphatic carbocycles. The summed E-state index contributed by atoms with van der Waals surface area (Å²) < 4.78 is 5.49. The second kappa shape index (κ2) is 4.06. The van der Waals surface area contributed by atoms with Gasteiger partial charge in [0.1, 0.15) is 6.10 Å². The van der Waals surface area contributed by atoms with Crippen molar-refractivity contribution in [1.82, 2.24) is 0 Å². The number of hydrogen-bond acceptors (Lipinski definition) is 2. The fourth-order valence-electron chi connectivity index (χ4n) is 1.53. The van der Waals surface area contributed by atoms with Crippen molar-refractivity contribution in [3.63, 3.8) is 0 Å². The van der Waals surface area contributed by atoms with Crippen LogP contribution in [0.5, 0.6) is 0 Å². The van der Waals surface area contributed by atoms with Crippen molar-refractivity contribution in [2.24, 2.45) is 0 Å². The largest absolute Gasteiger partial charge is 0.387 e. The molecule has 0 fully saturated rings. The monoisotopic (exact) mass is 170 g/mol. The average Bonchev–Trinajstić information content (AvgIpc) is 2.18. The third-order valence-corrected chi connectivity index (χ3v) is 2.65. The highest BCUT2D eigenvalue weighted by molar-refractivity contribution is 5.02. The Balaban J connectivity index is 2.64. The molecule has 0 unspecified atom stereocenters. The van der Waals surface area contributed by atoms with Crippen molar-refractivity contribution in [3.05, 3.63) is 12.2 Å². The second-order valence-corrected chi connectivity index (χ2v) is 3.32. The van der Waals surface area contributed by atoms with Crippen LogP contribution in [0.3, 0.4) is 0 Å². The molecule has 0 radical (unpaired) electrons. The SMILES string of the molecule is CCC(O)(CC)[C@H]1C=CCCO1. The van der Waals surface area contributed by atoms with Crippen molar-refractivity contribution in [2.45, 2.75) is 44.8 Å². The number of hydrogen-bond donors (Lipinski definition) is 1. The molecule has 1 N–H and O–H groups in total. The minimum Gasteiger partial charge on any atom is -0.387 e. The quantitative estimate of drug-likeness (QED) is 0.655. The van der Waals surface area contributed by atoms with E-state index in [1.807, 2.05) is 19.9 Å². The van der Waals surface area contributed by atoms with Crippen LogP contribution in [-0.4, -0.2) is 23.4 Å². The molecule has 0 amide bonds. The summed E-state index contributed by atoms with van der Waals surface area (Å²) in [4.78, 5) is 0. The molecular weight excluding hydrogens is 152 g/mol. The zero-order valence-electron chi connectivity index (χ0n) is 7.92. The Hall–Kier alpha value is -0.340. The van der Waals surface area contributed by atoms with E-state index < -0.39 is 5.60 Å².